The highest BCUT2D eigenvalue weighted by Crippen LogP contribution is 2.14. The zero-order chi connectivity index (χ0) is 13.0. The molecule has 0 heterocycles. The molecular formula is C12H16FNO3. The van der Waals surface area contributed by atoms with Gasteiger partial charge in [-0.1, -0.05) is 0 Å². The van der Waals surface area contributed by atoms with E-state index in [0.29, 0.717) is 0 Å². The van der Waals surface area contributed by atoms with Crippen molar-refractivity contribution in [2.75, 3.05) is 13.2 Å². The first-order chi connectivity index (χ1) is 7.95. The Morgan fingerprint density at radius 1 is 1.41 bits per heavy atom. The molecule has 1 atom stereocenters. The topological polar surface area (TPSA) is 69.6 Å². The van der Waals surface area contributed by atoms with Gasteiger partial charge in [-0.2, -0.15) is 0 Å². The highest BCUT2D eigenvalue weighted by molar-refractivity contribution is 5.94. The van der Waals surface area contributed by atoms with E-state index in [1.54, 1.807) is 13.8 Å². The lowest BCUT2D eigenvalue weighted by molar-refractivity contribution is 0.0799. The predicted octanol–water partition coefficient (Wildman–Crippen LogP) is 0.526. The number of aryl methyl sites for hydroxylation is 2. The van der Waals surface area contributed by atoms with Gasteiger partial charge in [-0.3, -0.25) is 4.79 Å². The lowest BCUT2D eigenvalue weighted by atomic mass is 10.1. The fourth-order valence-electron chi connectivity index (χ4n) is 1.33. The van der Waals surface area contributed by atoms with Crippen molar-refractivity contribution in [1.82, 2.24) is 5.32 Å². The summed E-state index contributed by atoms with van der Waals surface area (Å²) in [5.74, 6) is -1.19. The molecule has 94 valence electrons. The maximum Gasteiger partial charge on any atom is 0.254 e. The van der Waals surface area contributed by atoms with Crippen molar-refractivity contribution in [3.8, 4) is 0 Å². The summed E-state index contributed by atoms with van der Waals surface area (Å²) < 4.78 is 13.5. The van der Waals surface area contributed by atoms with Crippen molar-refractivity contribution in [1.29, 1.82) is 0 Å². The molecule has 0 bridgehead atoms. The fraction of sp³-hybridized carbons (Fsp3) is 0.417. The maximum atomic E-state index is 13.5. The molecule has 0 saturated carbocycles. The quantitative estimate of drug-likeness (QED) is 0.720. The molecule has 1 rings (SSSR count). The fourth-order valence-corrected chi connectivity index (χ4v) is 1.33. The van der Waals surface area contributed by atoms with E-state index in [-0.39, 0.29) is 12.1 Å². The second kappa shape index (κ2) is 5.75. The van der Waals surface area contributed by atoms with Crippen molar-refractivity contribution < 1.29 is 19.4 Å². The van der Waals surface area contributed by atoms with Crippen LogP contribution >= 0.6 is 0 Å². The Labute approximate surface area is 99.1 Å². The summed E-state index contributed by atoms with van der Waals surface area (Å²) in [6.45, 7) is 2.99. The van der Waals surface area contributed by atoms with Gasteiger partial charge in [0.1, 0.15) is 5.82 Å². The lowest BCUT2D eigenvalue weighted by Crippen LogP contribution is -2.34. The molecule has 5 heteroatoms. The molecule has 0 aliphatic rings. The number of amides is 1. The average molecular weight is 241 g/mol. The number of halogens is 1. The predicted molar refractivity (Wildman–Crippen MR) is 61.3 cm³/mol. The second-order valence-corrected chi connectivity index (χ2v) is 3.96. The first-order valence-corrected chi connectivity index (χ1v) is 5.29. The SMILES string of the molecule is Cc1cc(F)c(C(=O)NC[C@@H](O)CO)cc1C. The summed E-state index contributed by atoms with van der Waals surface area (Å²) in [5, 5.41) is 20.0. The van der Waals surface area contributed by atoms with Crippen molar-refractivity contribution in [3.05, 3.63) is 34.6 Å². The average Bonchev–Trinajstić information content (AvgIpc) is 2.30. The van der Waals surface area contributed by atoms with E-state index in [2.05, 4.69) is 5.32 Å². The van der Waals surface area contributed by atoms with Gasteiger partial charge in [0.2, 0.25) is 0 Å². The third-order valence-electron chi connectivity index (χ3n) is 2.54. The van der Waals surface area contributed by atoms with Crippen molar-refractivity contribution in [3.63, 3.8) is 0 Å². The van der Waals surface area contributed by atoms with E-state index in [9.17, 15) is 9.18 Å². The van der Waals surface area contributed by atoms with Crippen molar-refractivity contribution in [2.45, 2.75) is 20.0 Å². The molecule has 0 saturated heterocycles. The van der Waals surface area contributed by atoms with Gasteiger partial charge < -0.3 is 15.5 Å². The first-order valence-electron chi connectivity index (χ1n) is 5.29. The van der Waals surface area contributed by atoms with Gasteiger partial charge in [-0.25, -0.2) is 4.39 Å². The summed E-state index contributed by atoms with van der Waals surface area (Å²) in [4.78, 5) is 11.6. The van der Waals surface area contributed by atoms with Crippen LogP contribution in [-0.2, 0) is 0 Å². The van der Waals surface area contributed by atoms with Crippen LogP contribution in [-0.4, -0.2) is 35.4 Å². The molecule has 1 amide bonds. The van der Waals surface area contributed by atoms with Gasteiger partial charge in [-0.15, -0.1) is 0 Å². The van der Waals surface area contributed by atoms with Crippen LogP contribution in [0.25, 0.3) is 0 Å². The lowest BCUT2D eigenvalue weighted by Gasteiger charge is -2.10. The molecule has 0 unspecified atom stereocenters. The molecule has 0 fully saturated rings. The minimum absolute atomic E-state index is 0.0572. The van der Waals surface area contributed by atoms with Crippen LogP contribution in [0.15, 0.2) is 12.1 Å². The van der Waals surface area contributed by atoms with Crippen LogP contribution in [0.1, 0.15) is 21.5 Å². The van der Waals surface area contributed by atoms with E-state index >= 15 is 0 Å². The largest absolute Gasteiger partial charge is 0.394 e. The Bertz CT molecular complexity index is 420. The number of benzene rings is 1. The molecule has 0 radical (unpaired) electrons. The molecule has 1 aromatic rings. The zero-order valence-electron chi connectivity index (χ0n) is 9.83. The molecule has 0 spiro atoms. The van der Waals surface area contributed by atoms with E-state index in [1.807, 2.05) is 0 Å². The van der Waals surface area contributed by atoms with Gasteiger partial charge in [0, 0.05) is 6.54 Å². The second-order valence-electron chi connectivity index (χ2n) is 3.96. The minimum Gasteiger partial charge on any atom is -0.394 e. The standard InChI is InChI=1S/C12H16FNO3/c1-7-3-10(11(13)4-8(7)2)12(17)14-5-9(16)6-15/h3-4,9,15-16H,5-6H2,1-2H3,(H,14,17)/t9-/m1/s1. The smallest absolute Gasteiger partial charge is 0.254 e. The monoisotopic (exact) mass is 241 g/mol. The number of hydrogen-bond acceptors (Lipinski definition) is 3. The Morgan fingerprint density at radius 2 is 2.00 bits per heavy atom. The van der Waals surface area contributed by atoms with Crippen LogP contribution < -0.4 is 5.32 Å². The normalized spacial score (nSPS) is 12.3. The van der Waals surface area contributed by atoms with Crippen LogP contribution in [0, 0.1) is 19.7 Å². The highest BCUT2D eigenvalue weighted by Gasteiger charge is 2.14. The Morgan fingerprint density at radius 3 is 2.59 bits per heavy atom. The molecule has 17 heavy (non-hydrogen) atoms. The van der Waals surface area contributed by atoms with E-state index in [0.717, 1.165) is 11.1 Å². The Kier molecular flexibility index (Phi) is 4.60. The Balaban J connectivity index is 2.79. The van der Waals surface area contributed by atoms with Crippen LogP contribution in [0.4, 0.5) is 4.39 Å². The number of carbonyl (C=O) groups is 1. The first kappa shape index (κ1) is 13.6. The third-order valence-corrected chi connectivity index (χ3v) is 2.54. The van der Waals surface area contributed by atoms with E-state index in [4.69, 9.17) is 10.2 Å². The number of aliphatic hydroxyl groups is 2. The summed E-state index contributed by atoms with van der Waals surface area (Å²) in [6, 6.07) is 2.76. The summed E-state index contributed by atoms with van der Waals surface area (Å²) in [6.07, 6.45) is -1.03. The zero-order valence-corrected chi connectivity index (χ0v) is 9.83. The van der Waals surface area contributed by atoms with Crippen LogP contribution in [0.2, 0.25) is 0 Å². The van der Waals surface area contributed by atoms with Gasteiger partial charge in [0.05, 0.1) is 18.3 Å². The van der Waals surface area contributed by atoms with Crippen LogP contribution in [0.3, 0.4) is 0 Å². The minimum atomic E-state index is -1.03. The van der Waals surface area contributed by atoms with Gasteiger partial charge in [0.15, 0.2) is 0 Å². The molecular weight excluding hydrogens is 225 g/mol. The van der Waals surface area contributed by atoms with E-state index < -0.39 is 24.4 Å². The van der Waals surface area contributed by atoms with Crippen molar-refractivity contribution >= 4 is 5.91 Å². The molecule has 0 aliphatic heterocycles. The number of hydrogen-bond donors (Lipinski definition) is 3. The van der Waals surface area contributed by atoms with Gasteiger partial charge >= 0.3 is 0 Å². The third kappa shape index (κ3) is 3.51. The molecule has 4 nitrogen and oxygen atoms in total. The van der Waals surface area contributed by atoms with Gasteiger partial charge in [0.25, 0.3) is 5.91 Å². The molecule has 3 N–H and O–H groups in total. The number of nitrogens with one attached hydrogen (secondary N) is 1. The van der Waals surface area contributed by atoms with Gasteiger partial charge in [-0.05, 0) is 37.1 Å². The summed E-state index contributed by atoms with van der Waals surface area (Å²) in [5.41, 5.74) is 1.53. The maximum absolute atomic E-state index is 13.5. The molecule has 1 aromatic carbocycles. The van der Waals surface area contributed by atoms with E-state index in [1.165, 1.54) is 12.1 Å². The summed E-state index contributed by atoms with van der Waals surface area (Å²) >= 11 is 0. The number of rotatable bonds is 4. The highest BCUT2D eigenvalue weighted by atomic mass is 19.1. The molecule has 0 aromatic heterocycles. The number of aliphatic hydroxyl groups excluding tert-OH is 2. The Hall–Kier alpha value is -1.46. The summed E-state index contributed by atoms with van der Waals surface area (Å²) in [7, 11) is 0. The van der Waals surface area contributed by atoms with Crippen molar-refractivity contribution in [2.24, 2.45) is 0 Å². The van der Waals surface area contributed by atoms with Crippen LogP contribution in [0.5, 0.6) is 0 Å². The number of carbonyl (C=O) groups excluding carboxylic acids is 1. The molecule has 0 aliphatic carbocycles.